The van der Waals surface area contributed by atoms with Gasteiger partial charge in [-0.05, 0) is 0 Å². The van der Waals surface area contributed by atoms with Gasteiger partial charge < -0.3 is 13.5 Å². The van der Waals surface area contributed by atoms with E-state index in [1.54, 1.807) is 4.90 Å². The van der Waals surface area contributed by atoms with Crippen LogP contribution in [0.25, 0.3) is 10.9 Å². The average molecular weight is 673 g/mol. The number of ether oxygens (including phenoxy) is 1. The van der Waals surface area contributed by atoms with Crippen LogP contribution in [-0.2, 0) is 63.8 Å². The fraction of sp³-hybridized carbons (Fsp3) is 0.526. The van der Waals surface area contributed by atoms with Crippen molar-refractivity contribution >= 4 is 66.5 Å². The summed E-state index contributed by atoms with van der Waals surface area (Å²) in [4.78, 5) is 14.2. The summed E-state index contributed by atoms with van der Waals surface area (Å²) in [6.07, 6.45) is 2.70. The van der Waals surface area contributed by atoms with Gasteiger partial charge in [-0.2, -0.15) is 9.90 Å². The molecule has 0 saturated carbocycles. The van der Waals surface area contributed by atoms with Crippen molar-refractivity contribution in [2.45, 2.75) is 58.6 Å². The predicted octanol–water partition coefficient (Wildman–Crippen LogP) is 3.19. The van der Waals surface area contributed by atoms with Gasteiger partial charge in [0.15, 0.2) is 0 Å². The van der Waals surface area contributed by atoms with Gasteiger partial charge in [0.2, 0.25) is 0 Å². The van der Waals surface area contributed by atoms with Crippen molar-refractivity contribution in [3.8, 4) is 0 Å². The number of carbonyl (C=O) groups excluding carboxylic acids is 1. The molecule has 2 aromatic rings. The van der Waals surface area contributed by atoms with E-state index < -0.39 is 5.60 Å². The van der Waals surface area contributed by atoms with Gasteiger partial charge in [0.25, 0.3) is 0 Å². The molecule has 8 heteroatoms. The van der Waals surface area contributed by atoms with E-state index in [0.717, 1.165) is 45.3 Å². The van der Waals surface area contributed by atoms with Crippen LogP contribution in [0.15, 0.2) is 12.1 Å². The molecule has 2 atom stereocenters. The predicted molar refractivity (Wildman–Crippen MR) is 116 cm³/mol. The Kier molecular flexibility index (Phi) is 11.1. The largest absolute Gasteiger partial charge is 0.813 e. The summed E-state index contributed by atoms with van der Waals surface area (Å²) in [7, 11) is 1.87. The van der Waals surface area contributed by atoms with Crippen LogP contribution < -0.4 is 0 Å². The van der Waals surface area contributed by atoms with Crippen LogP contribution in [0.1, 0.15) is 44.0 Å². The van der Waals surface area contributed by atoms with Crippen LogP contribution in [0.2, 0.25) is 0 Å². The first-order valence-electron chi connectivity index (χ1n) is 8.43. The summed E-state index contributed by atoms with van der Waals surface area (Å²) < 4.78 is 7.99. The zero-order valence-corrected chi connectivity index (χ0v) is 26.5. The van der Waals surface area contributed by atoms with Gasteiger partial charge in [-0.25, -0.2) is 0 Å². The Morgan fingerprint density at radius 3 is 2.63 bits per heavy atom. The minimum Gasteiger partial charge on any atom is -0.813 e. The molecule has 145 valence electrons. The maximum atomic E-state index is 12.4. The zero-order valence-electron chi connectivity index (χ0n) is 16.9. The van der Waals surface area contributed by atoms with E-state index in [4.69, 9.17) is 4.74 Å². The Balaban J connectivity index is 0.00000225. The number of likely N-dealkylation sites (N-methyl/N-ethyl adjacent to an activating group) is 1. The van der Waals surface area contributed by atoms with Crippen molar-refractivity contribution in [1.29, 1.82) is 0 Å². The third-order valence-electron chi connectivity index (χ3n) is 4.68. The van der Waals surface area contributed by atoms with Gasteiger partial charge in [-0.1, -0.05) is 0 Å². The van der Waals surface area contributed by atoms with Crippen LogP contribution in [0.3, 0.4) is 0 Å². The molecule has 27 heavy (non-hydrogen) atoms. The van der Waals surface area contributed by atoms with Gasteiger partial charge in [-0.15, -0.1) is 0 Å². The Bertz CT molecular complexity index is 807. The van der Waals surface area contributed by atoms with Crippen molar-refractivity contribution < 1.29 is 42.2 Å². The van der Waals surface area contributed by atoms with E-state index in [9.17, 15) is 4.79 Å². The second kappa shape index (κ2) is 10.7. The summed E-state index contributed by atoms with van der Waals surface area (Å²) in [5, 5.41) is 1.34. The van der Waals surface area contributed by atoms with Crippen molar-refractivity contribution in [3.05, 3.63) is 35.0 Å². The zero-order chi connectivity index (χ0) is 17.6. The molecular formula is C19H28N2O2PSTlY-2. The van der Waals surface area contributed by atoms with Crippen molar-refractivity contribution in [2.24, 2.45) is 0 Å². The number of hydrogen-bond acceptors (Lipinski definition) is 3. The molecule has 4 nitrogen and oxygen atoms in total. The van der Waals surface area contributed by atoms with Crippen LogP contribution >= 0.6 is 9.90 Å². The van der Waals surface area contributed by atoms with Gasteiger partial charge in [0.05, 0.1) is 0 Å². The minimum absolute atomic E-state index is 0. The summed E-state index contributed by atoms with van der Waals surface area (Å²) in [5.74, 6) is 0. The number of rotatable bonds is 1. The Labute approximate surface area is 214 Å². The third kappa shape index (κ3) is 6.16. The normalized spacial score (nSPS) is 15.6. The number of nitrogens with zero attached hydrogens (tertiary/aromatic N) is 2. The van der Waals surface area contributed by atoms with Crippen molar-refractivity contribution in [2.75, 3.05) is 7.05 Å². The number of aryl methyl sites for hydroxylation is 1. The first-order valence-corrected chi connectivity index (χ1v) is 10.4. The maximum Gasteiger partial charge on any atom is 0 e. The number of benzene rings is 1. The summed E-state index contributed by atoms with van der Waals surface area (Å²) in [6, 6.07) is 7.88. The van der Waals surface area contributed by atoms with E-state index in [1.165, 1.54) is 27.7 Å². The number of hydrogen-bond donors (Lipinski definition) is 0. The second-order valence-corrected chi connectivity index (χ2v) is 9.71. The summed E-state index contributed by atoms with van der Waals surface area (Å²) >= 11 is 0.748. The Morgan fingerprint density at radius 1 is 1.41 bits per heavy atom. The van der Waals surface area contributed by atoms with E-state index >= 15 is 0 Å². The van der Waals surface area contributed by atoms with Crippen LogP contribution in [0.5, 0.6) is 0 Å². The van der Waals surface area contributed by atoms with E-state index in [1.807, 2.05) is 27.8 Å². The molecule has 0 bridgehead atoms. The van der Waals surface area contributed by atoms with E-state index in [0.29, 0.717) is 0 Å². The molecule has 1 heterocycles. The SMILES string of the molecule is Cc1[c-]cc2c(c1)c1c([n]2[Tl])CCC(N(C)C(=O)OC(C)(C)C)C1.P.[SH-].[Y]. The number of carbonyl (C=O) groups is 1. The van der Waals surface area contributed by atoms with E-state index in [-0.39, 0.29) is 68.2 Å². The third-order valence-corrected chi connectivity index (χ3v) is 6.97. The molecule has 0 aliphatic heterocycles. The topological polar surface area (TPSA) is 34.5 Å². The number of aromatic nitrogens is 1. The molecule has 1 radical (unpaired) electrons. The number of amides is 1. The molecular weight excluding hydrogens is 645 g/mol. The van der Waals surface area contributed by atoms with Crippen molar-refractivity contribution in [1.82, 2.24) is 7.28 Å². The van der Waals surface area contributed by atoms with Crippen molar-refractivity contribution in [3.63, 3.8) is 0 Å². The molecule has 0 fully saturated rings. The Hall–Kier alpha value is 0.836. The molecule has 0 saturated heterocycles. The first kappa shape index (κ1) is 27.8. The fourth-order valence-electron chi connectivity index (χ4n) is 3.43. The van der Waals surface area contributed by atoms with Crippen LogP contribution in [-0.4, -0.2) is 58.1 Å². The fourth-order valence-corrected chi connectivity index (χ4v) is 5.37. The van der Waals surface area contributed by atoms with Crippen LogP contribution in [0, 0.1) is 13.0 Å². The van der Waals surface area contributed by atoms with Gasteiger partial charge >= 0.3 is 161 Å². The molecule has 0 N–H and O–H groups in total. The molecule has 1 amide bonds. The quantitative estimate of drug-likeness (QED) is 0.154. The summed E-state index contributed by atoms with van der Waals surface area (Å²) in [5.41, 5.74) is 4.89. The van der Waals surface area contributed by atoms with Gasteiger partial charge in [-0.3, -0.25) is 0 Å². The summed E-state index contributed by atoms with van der Waals surface area (Å²) in [6.45, 7) is 7.82. The monoisotopic (exact) mass is 673 g/mol. The molecule has 1 aromatic heterocycles. The molecule has 0 spiro atoms. The Morgan fingerprint density at radius 2 is 2.04 bits per heavy atom. The number of thiol groups is 1. The molecule has 1 aliphatic rings. The van der Waals surface area contributed by atoms with Gasteiger partial charge in [0.1, 0.15) is 0 Å². The number of fused-ring (bicyclic) bond motifs is 3. The first-order chi connectivity index (χ1) is 11.2. The second-order valence-electron chi connectivity index (χ2n) is 7.70. The molecule has 1 aliphatic carbocycles. The van der Waals surface area contributed by atoms with Gasteiger partial charge in [0, 0.05) is 32.7 Å². The minimum atomic E-state index is -0.454. The van der Waals surface area contributed by atoms with Crippen LogP contribution in [0.4, 0.5) is 4.79 Å². The average Bonchev–Trinajstić information content (AvgIpc) is 2.77. The molecule has 2 unspecified atom stereocenters. The smallest absolute Gasteiger partial charge is 0 e. The molecule has 3 rings (SSSR count). The standard InChI is InChI=1S/C19H24N2O2.H3P.H2S.Tl.Y/c1-12-6-8-16-14(10-12)15-11-13(7-9-17(15)20-16)21(5)18(22)23-19(2,3)4;;;;/h8,10,13H,7,9,11H2,1-5H3;1H3;1H2;;/q-2;;;+1;/p-1. The molecule has 1 aromatic carbocycles. The maximum absolute atomic E-state index is 12.4. The van der Waals surface area contributed by atoms with E-state index in [2.05, 4.69) is 27.5 Å².